The normalized spacial score (nSPS) is 18.7. The van der Waals surface area contributed by atoms with Crippen LogP contribution in [0.15, 0.2) is 11.5 Å². The van der Waals surface area contributed by atoms with Crippen LogP contribution in [0.1, 0.15) is 0 Å². The Morgan fingerprint density at radius 1 is 1.09 bits per heavy atom. The largest absolute Gasteiger partial charge is 0.327 e. The lowest BCUT2D eigenvalue weighted by atomic mass is 10.7. The summed E-state index contributed by atoms with van der Waals surface area (Å²) in [5, 5.41) is -1.06. The van der Waals surface area contributed by atoms with Gasteiger partial charge >= 0.3 is 10.2 Å². The molecule has 1 nitrogen and oxygen atoms in total. The highest BCUT2D eigenvalue weighted by Crippen LogP contribution is 2.98. The Balaban J connectivity index is 0. The first-order chi connectivity index (χ1) is 4.04. The first-order valence-electron chi connectivity index (χ1n) is 2.16. The van der Waals surface area contributed by atoms with Crippen molar-refractivity contribution in [2.45, 2.75) is 0 Å². The predicted molar refractivity (Wildman–Crippen MR) is 38.6 cm³/mol. The Morgan fingerprint density at radius 2 is 1.45 bits per heavy atom. The Morgan fingerprint density at radius 3 is 1.55 bits per heavy atom. The Labute approximate surface area is 66.6 Å². The highest BCUT2D eigenvalue weighted by molar-refractivity contribution is 8.48. The number of hydrogen-bond acceptors (Lipinski definition) is 1. The van der Waals surface area contributed by atoms with Crippen molar-refractivity contribution in [2.75, 3.05) is 6.54 Å². The van der Waals surface area contributed by atoms with E-state index in [9.17, 15) is 19.4 Å². The third kappa shape index (κ3) is 13.1. The summed E-state index contributed by atoms with van der Waals surface area (Å²) in [6.45, 7) is -0.550. The molecular formula is C3H7ClF5NS. The fourth-order valence-electron chi connectivity index (χ4n) is 0.237. The van der Waals surface area contributed by atoms with Gasteiger partial charge in [-0.25, -0.2) is 0 Å². The highest BCUT2D eigenvalue weighted by Gasteiger charge is 2.60. The van der Waals surface area contributed by atoms with E-state index in [4.69, 9.17) is 0 Å². The molecule has 0 unspecified atom stereocenters. The van der Waals surface area contributed by atoms with Gasteiger partial charge in [-0.3, -0.25) is 0 Å². The molecule has 0 bridgehead atoms. The van der Waals surface area contributed by atoms with Crippen molar-refractivity contribution in [3.63, 3.8) is 0 Å². The van der Waals surface area contributed by atoms with E-state index >= 15 is 0 Å². The van der Waals surface area contributed by atoms with Crippen LogP contribution in [0.2, 0.25) is 0 Å². The summed E-state index contributed by atoms with van der Waals surface area (Å²) in [5.74, 6) is 0. The number of halogens is 6. The second-order valence-electron chi connectivity index (χ2n) is 1.64. The van der Waals surface area contributed by atoms with Gasteiger partial charge in [0.25, 0.3) is 0 Å². The van der Waals surface area contributed by atoms with Crippen LogP contribution in [0, 0.1) is 0 Å². The van der Waals surface area contributed by atoms with E-state index in [2.05, 4.69) is 5.73 Å². The van der Waals surface area contributed by atoms with Gasteiger partial charge < -0.3 is 5.73 Å². The van der Waals surface area contributed by atoms with Crippen LogP contribution in [0.3, 0.4) is 0 Å². The lowest BCUT2D eigenvalue weighted by Crippen LogP contribution is -2.01. The van der Waals surface area contributed by atoms with E-state index in [1.54, 1.807) is 0 Å². The lowest BCUT2D eigenvalue weighted by molar-refractivity contribution is 0.384. The fourth-order valence-corrected chi connectivity index (χ4v) is 0.712. The predicted octanol–water partition coefficient (Wildman–Crippen LogP) is 3.18. The second kappa shape index (κ2) is 2.49. The Hall–Kier alpha value is -0.0100. The first-order valence-corrected chi connectivity index (χ1v) is 4.17. The molecule has 0 spiro atoms. The monoisotopic (exact) mass is 219 g/mol. The van der Waals surface area contributed by atoms with Gasteiger partial charge in [-0.1, -0.05) is 25.5 Å². The zero-order valence-electron chi connectivity index (χ0n) is 5.15. The van der Waals surface area contributed by atoms with Gasteiger partial charge in [-0.15, -0.1) is 12.4 Å². The Kier molecular flexibility index (Phi) is 3.08. The number of hydrogen-bond donors (Lipinski definition) is 1. The molecule has 0 aromatic rings. The summed E-state index contributed by atoms with van der Waals surface area (Å²) < 4.78 is 56.3. The van der Waals surface area contributed by atoms with Crippen molar-refractivity contribution < 1.29 is 19.4 Å². The molecule has 0 aliphatic carbocycles. The van der Waals surface area contributed by atoms with Crippen LogP contribution >= 0.6 is 22.6 Å². The third-order valence-corrected chi connectivity index (χ3v) is 1.20. The molecule has 11 heavy (non-hydrogen) atoms. The lowest BCUT2D eigenvalue weighted by Gasteiger charge is -2.36. The molecule has 0 radical (unpaired) electrons. The molecule has 0 aromatic carbocycles. The topological polar surface area (TPSA) is 26.0 Å². The first kappa shape index (κ1) is 13.6. The zero-order valence-corrected chi connectivity index (χ0v) is 6.78. The van der Waals surface area contributed by atoms with Crippen LogP contribution in [-0.4, -0.2) is 6.54 Å². The van der Waals surface area contributed by atoms with Gasteiger partial charge in [0, 0.05) is 6.54 Å². The standard InChI is InChI=1S/C3H6F5NS.ClH/c4-10(5,6,7,8)3-1-2-9;/h1,3H,2,9H2;1H. The van der Waals surface area contributed by atoms with E-state index in [1.807, 2.05) is 0 Å². The summed E-state index contributed by atoms with van der Waals surface area (Å²) in [6.07, 6.45) is 0.182. The Bertz CT molecular complexity index is 157. The van der Waals surface area contributed by atoms with Crippen molar-refractivity contribution in [3.8, 4) is 0 Å². The molecule has 0 saturated heterocycles. The molecular weight excluding hydrogens is 213 g/mol. The van der Waals surface area contributed by atoms with Gasteiger partial charge in [-0.05, 0) is 0 Å². The maximum absolute atomic E-state index is 11.3. The smallest absolute Gasteiger partial charge is 0.304 e. The minimum absolute atomic E-state index is 0. The minimum Gasteiger partial charge on any atom is -0.327 e. The van der Waals surface area contributed by atoms with E-state index in [0.29, 0.717) is 0 Å². The fraction of sp³-hybridized carbons (Fsp3) is 0.333. The highest BCUT2D eigenvalue weighted by atomic mass is 35.5. The molecule has 0 saturated carbocycles. The number of rotatable bonds is 2. The van der Waals surface area contributed by atoms with E-state index in [-0.39, 0.29) is 18.5 Å². The molecule has 0 amide bonds. The number of nitrogens with two attached hydrogens (primary N) is 1. The average molecular weight is 220 g/mol. The molecule has 2 N–H and O–H groups in total. The SMILES string of the molecule is Cl.NCC=CS(F)(F)(F)(F)F. The van der Waals surface area contributed by atoms with Gasteiger partial charge in [-0.2, -0.15) is 0 Å². The summed E-state index contributed by atoms with van der Waals surface area (Å²) >= 11 is 0. The van der Waals surface area contributed by atoms with Crippen LogP contribution < -0.4 is 5.73 Å². The van der Waals surface area contributed by atoms with Crippen LogP contribution in [0.5, 0.6) is 0 Å². The second-order valence-corrected chi connectivity index (χ2v) is 3.97. The van der Waals surface area contributed by atoms with Crippen molar-refractivity contribution in [1.82, 2.24) is 0 Å². The van der Waals surface area contributed by atoms with Gasteiger partial charge in [0.05, 0.1) is 5.41 Å². The zero-order chi connectivity index (χ0) is 8.53. The average Bonchev–Trinajstić information content (AvgIpc) is 1.55. The van der Waals surface area contributed by atoms with Gasteiger partial charge in [0.15, 0.2) is 0 Å². The van der Waals surface area contributed by atoms with Crippen LogP contribution in [0.25, 0.3) is 0 Å². The van der Waals surface area contributed by atoms with E-state index in [1.165, 1.54) is 0 Å². The molecule has 0 heterocycles. The van der Waals surface area contributed by atoms with E-state index in [0.717, 1.165) is 0 Å². The van der Waals surface area contributed by atoms with E-state index < -0.39 is 22.2 Å². The molecule has 0 aliphatic heterocycles. The molecule has 72 valence electrons. The summed E-state index contributed by atoms with van der Waals surface area (Å²) in [4.78, 5) is 0. The maximum Gasteiger partial charge on any atom is 0.304 e. The van der Waals surface area contributed by atoms with Gasteiger partial charge in [0.1, 0.15) is 0 Å². The van der Waals surface area contributed by atoms with Crippen LogP contribution in [0.4, 0.5) is 19.4 Å². The van der Waals surface area contributed by atoms with Crippen molar-refractivity contribution in [1.29, 1.82) is 0 Å². The molecule has 0 atom stereocenters. The minimum atomic E-state index is -9.32. The maximum atomic E-state index is 11.3. The quantitative estimate of drug-likeness (QED) is 0.710. The molecule has 0 aliphatic rings. The molecule has 0 fully saturated rings. The summed E-state index contributed by atoms with van der Waals surface area (Å²) in [5.41, 5.74) is 4.55. The summed E-state index contributed by atoms with van der Waals surface area (Å²) in [7, 11) is -9.32. The van der Waals surface area contributed by atoms with Crippen molar-refractivity contribution in [2.24, 2.45) is 5.73 Å². The third-order valence-electron chi connectivity index (χ3n) is 0.489. The molecule has 0 aromatic heterocycles. The van der Waals surface area contributed by atoms with Crippen LogP contribution in [-0.2, 0) is 0 Å². The van der Waals surface area contributed by atoms with Crippen molar-refractivity contribution >= 4 is 22.6 Å². The summed E-state index contributed by atoms with van der Waals surface area (Å²) in [6, 6.07) is 0. The molecule has 0 rings (SSSR count). The van der Waals surface area contributed by atoms with Gasteiger partial charge in [0.2, 0.25) is 0 Å². The van der Waals surface area contributed by atoms with Crippen molar-refractivity contribution in [3.05, 3.63) is 11.5 Å². The molecule has 8 heteroatoms.